The smallest absolute Gasteiger partial charge is 0.252 e. The Morgan fingerprint density at radius 3 is 2.71 bits per heavy atom. The van der Waals surface area contributed by atoms with E-state index in [4.69, 9.17) is 22.3 Å². The van der Waals surface area contributed by atoms with Gasteiger partial charge in [-0.3, -0.25) is 4.79 Å². The zero-order chi connectivity index (χ0) is 24.9. The maximum absolute atomic E-state index is 13.4. The molecule has 0 aliphatic carbocycles. The van der Waals surface area contributed by atoms with E-state index in [9.17, 15) is 4.79 Å². The predicted molar refractivity (Wildman–Crippen MR) is 141 cm³/mol. The van der Waals surface area contributed by atoms with Gasteiger partial charge in [-0.25, -0.2) is 9.67 Å². The first-order chi connectivity index (χ1) is 16.9. The minimum Gasteiger partial charge on any atom is -0.348 e. The molecule has 0 saturated heterocycles. The van der Waals surface area contributed by atoms with Crippen LogP contribution in [0.2, 0.25) is 5.02 Å². The van der Waals surface area contributed by atoms with Crippen molar-refractivity contribution in [3.63, 3.8) is 0 Å². The quantitative estimate of drug-likeness (QED) is 0.356. The maximum Gasteiger partial charge on any atom is 0.252 e. The first kappa shape index (κ1) is 24.9. The van der Waals surface area contributed by atoms with Gasteiger partial charge < -0.3 is 16.0 Å². The summed E-state index contributed by atoms with van der Waals surface area (Å²) in [4.78, 5) is 20.5. The number of hydrogen-bond donors (Lipinski definition) is 2. The highest BCUT2D eigenvalue weighted by molar-refractivity contribution is 6.31. The van der Waals surface area contributed by atoms with Crippen molar-refractivity contribution in [2.75, 3.05) is 20.1 Å². The van der Waals surface area contributed by atoms with Crippen LogP contribution < -0.4 is 11.1 Å². The van der Waals surface area contributed by atoms with Gasteiger partial charge in [0.25, 0.3) is 5.91 Å². The van der Waals surface area contributed by atoms with Crippen LogP contribution in [0, 0.1) is 0 Å². The fraction of sp³-hybridized carbons (Fsp3) is 0.296. The van der Waals surface area contributed by atoms with Crippen molar-refractivity contribution >= 4 is 28.5 Å². The molecule has 7 nitrogen and oxygen atoms in total. The van der Waals surface area contributed by atoms with Gasteiger partial charge in [-0.2, -0.15) is 5.10 Å². The Morgan fingerprint density at radius 1 is 1.17 bits per heavy atom. The van der Waals surface area contributed by atoms with Crippen molar-refractivity contribution < 1.29 is 4.79 Å². The summed E-state index contributed by atoms with van der Waals surface area (Å²) in [5, 5.41) is 8.87. The molecule has 0 radical (unpaired) electrons. The highest BCUT2D eigenvalue weighted by atomic mass is 35.5. The third kappa shape index (κ3) is 5.70. The Kier molecular flexibility index (Phi) is 7.80. The lowest BCUT2D eigenvalue weighted by molar-refractivity contribution is 0.0952. The van der Waals surface area contributed by atoms with Crippen molar-refractivity contribution in [2.24, 2.45) is 5.73 Å². The molecule has 35 heavy (non-hydrogen) atoms. The average Bonchev–Trinajstić information content (AvgIpc) is 3.27. The Hall–Kier alpha value is -3.26. The van der Waals surface area contributed by atoms with Gasteiger partial charge in [-0.05, 0) is 50.2 Å². The van der Waals surface area contributed by atoms with Crippen molar-refractivity contribution in [2.45, 2.75) is 33.0 Å². The number of nitrogens with one attached hydrogen (secondary N) is 1. The summed E-state index contributed by atoms with van der Waals surface area (Å²) in [5.74, 6) is -0.194. The van der Waals surface area contributed by atoms with Crippen molar-refractivity contribution in [3.05, 3.63) is 82.5 Å². The molecule has 0 unspecified atom stereocenters. The fourth-order valence-electron chi connectivity index (χ4n) is 4.08. The van der Waals surface area contributed by atoms with Crippen LogP contribution in [0.1, 0.15) is 41.4 Å². The molecule has 2 heterocycles. The monoisotopic (exact) mass is 490 g/mol. The topological polar surface area (TPSA) is 89.1 Å². The molecular formula is C27H31ClN6O. The second kappa shape index (κ2) is 11.0. The predicted octanol–water partition coefficient (Wildman–Crippen LogP) is 4.65. The summed E-state index contributed by atoms with van der Waals surface area (Å²) in [6.07, 6.45) is 1.72. The van der Waals surface area contributed by atoms with Crippen molar-refractivity contribution in [1.82, 2.24) is 25.0 Å². The highest BCUT2D eigenvalue weighted by Gasteiger charge is 2.19. The number of carbonyl (C=O) groups excluding carboxylic acids is 1. The van der Waals surface area contributed by atoms with Crippen LogP contribution in [-0.2, 0) is 13.1 Å². The molecule has 182 valence electrons. The van der Waals surface area contributed by atoms with E-state index in [2.05, 4.69) is 27.4 Å². The first-order valence-corrected chi connectivity index (χ1v) is 12.1. The maximum atomic E-state index is 13.4. The molecule has 0 spiro atoms. The summed E-state index contributed by atoms with van der Waals surface area (Å²) < 4.78 is 1.85. The van der Waals surface area contributed by atoms with Crippen LogP contribution in [-0.4, -0.2) is 45.7 Å². The Morgan fingerprint density at radius 2 is 1.97 bits per heavy atom. The Bertz CT molecular complexity index is 1330. The normalized spacial score (nSPS) is 11.5. The Balaban J connectivity index is 1.72. The first-order valence-electron chi connectivity index (χ1n) is 11.7. The molecule has 0 aliphatic heterocycles. The molecule has 8 heteroatoms. The highest BCUT2D eigenvalue weighted by Crippen LogP contribution is 2.27. The zero-order valence-corrected chi connectivity index (χ0v) is 21.1. The molecule has 4 aromatic rings. The Labute approximate surface area is 210 Å². The van der Waals surface area contributed by atoms with Gasteiger partial charge in [0.05, 0.1) is 22.8 Å². The van der Waals surface area contributed by atoms with E-state index >= 15 is 0 Å². The number of aromatic nitrogens is 3. The van der Waals surface area contributed by atoms with Crippen LogP contribution in [0.3, 0.4) is 0 Å². The number of nitrogens with two attached hydrogens (primary N) is 1. The lowest BCUT2D eigenvalue weighted by atomic mass is 10.0. The number of hydrogen-bond acceptors (Lipinski definition) is 5. The number of amides is 1. The number of halogens is 1. The molecule has 0 saturated carbocycles. The van der Waals surface area contributed by atoms with Gasteiger partial charge in [0.15, 0.2) is 5.65 Å². The number of nitrogens with zero attached hydrogens (tertiary/aromatic N) is 4. The number of benzene rings is 2. The van der Waals surface area contributed by atoms with Crippen molar-refractivity contribution in [3.8, 4) is 11.3 Å². The van der Waals surface area contributed by atoms with Crippen LogP contribution >= 0.6 is 11.6 Å². The van der Waals surface area contributed by atoms with E-state index < -0.39 is 0 Å². The van der Waals surface area contributed by atoms with Gasteiger partial charge >= 0.3 is 0 Å². The lowest BCUT2D eigenvalue weighted by Gasteiger charge is -2.16. The third-order valence-corrected chi connectivity index (χ3v) is 6.25. The van der Waals surface area contributed by atoms with Gasteiger partial charge in [-0.15, -0.1) is 0 Å². The molecule has 0 fully saturated rings. The summed E-state index contributed by atoms with van der Waals surface area (Å²) in [6.45, 7) is 6.64. The summed E-state index contributed by atoms with van der Waals surface area (Å²) >= 11 is 6.28. The summed E-state index contributed by atoms with van der Waals surface area (Å²) in [5.41, 5.74) is 10.6. The molecule has 4 rings (SSSR count). The van der Waals surface area contributed by atoms with Gasteiger partial charge in [0.2, 0.25) is 0 Å². The molecule has 0 atom stereocenters. The van der Waals surface area contributed by atoms with E-state index in [-0.39, 0.29) is 11.9 Å². The number of rotatable bonds is 9. The molecule has 1 amide bonds. The minimum absolute atomic E-state index is 0.102. The van der Waals surface area contributed by atoms with Crippen molar-refractivity contribution in [1.29, 1.82) is 0 Å². The molecule has 0 aliphatic rings. The molecule has 2 aromatic carbocycles. The molecular weight excluding hydrogens is 460 g/mol. The average molecular weight is 491 g/mol. The SMILES string of the molecule is CC(C)n1ncc2c(C(=O)NCc3ccccc3Cl)cc(-c3cccc(CN(C)CCN)c3)nc21. The summed E-state index contributed by atoms with van der Waals surface area (Å²) in [6, 6.07) is 17.7. The molecule has 0 bridgehead atoms. The fourth-order valence-corrected chi connectivity index (χ4v) is 4.29. The van der Waals surface area contributed by atoms with Gasteiger partial charge in [0, 0.05) is 42.8 Å². The standard InChI is InChI=1S/C27H31ClN6O/c1-18(2)34-26-23(16-31-34)22(27(35)30-15-21-8-4-5-10-24(21)28)14-25(32-26)20-9-6-7-19(13-20)17-33(3)12-11-29/h4-10,13-14,16,18H,11-12,15,17,29H2,1-3H3,(H,30,35). The second-order valence-electron chi connectivity index (χ2n) is 8.98. The second-order valence-corrected chi connectivity index (χ2v) is 9.38. The molecule has 3 N–H and O–H groups in total. The van der Waals surface area contributed by atoms with Crippen LogP contribution in [0.5, 0.6) is 0 Å². The lowest BCUT2D eigenvalue weighted by Crippen LogP contribution is -2.24. The van der Waals surface area contributed by atoms with E-state index in [1.54, 1.807) is 6.20 Å². The number of pyridine rings is 1. The van der Waals surface area contributed by atoms with Crippen LogP contribution in [0.4, 0.5) is 0 Å². The number of carbonyl (C=O) groups is 1. The molecule has 2 aromatic heterocycles. The van der Waals surface area contributed by atoms with Crippen LogP contribution in [0.25, 0.3) is 22.3 Å². The van der Waals surface area contributed by atoms with E-state index in [1.807, 2.05) is 68.0 Å². The largest absolute Gasteiger partial charge is 0.348 e. The van der Waals surface area contributed by atoms with Gasteiger partial charge in [-0.1, -0.05) is 48.0 Å². The minimum atomic E-state index is -0.194. The van der Waals surface area contributed by atoms with Crippen LogP contribution in [0.15, 0.2) is 60.8 Å². The summed E-state index contributed by atoms with van der Waals surface area (Å²) in [7, 11) is 2.05. The van der Waals surface area contributed by atoms with E-state index in [1.165, 1.54) is 0 Å². The zero-order valence-electron chi connectivity index (χ0n) is 20.3. The van der Waals surface area contributed by atoms with E-state index in [0.717, 1.165) is 40.9 Å². The third-order valence-electron chi connectivity index (χ3n) is 5.88. The van der Waals surface area contributed by atoms with E-state index in [0.29, 0.717) is 29.3 Å². The van der Waals surface area contributed by atoms with Gasteiger partial charge in [0.1, 0.15) is 0 Å². The number of fused-ring (bicyclic) bond motifs is 1. The number of likely N-dealkylation sites (N-methyl/N-ethyl adjacent to an activating group) is 1.